The van der Waals surface area contributed by atoms with Crippen LogP contribution in [0, 0.1) is 19.8 Å². The van der Waals surface area contributed by atoms with Gasteiger partial charge in [-0.25, -0.2) is 0 Å². The smallest absolute Gasteiger partial charge is 0.251 e. The van der Waals surface area contributed by atoms with Gasteiger partial charge in [-0.1, -0.05) is 30.8 Å². The maximum atomic E-state index is 12.8. The Bertz CT molecular complexity index is 1280. The molecule has 0 fully saturated rings. The van der Waals surface area contributed by atoms with E-state index in [1.54, 1.807) is 0 Å². The fraction of sp³-hybridized carbons (Fsp3) is 0.462. The second kappa shape index (κ2) is 11.0. The molecule has 36 heavy (non-hydrogen) atoms. The first kappa shape index (κ1) is 26.2. The summed E-state index contributed by atoms with van der Waals surface area (Å²) in [5.74, 6) is 1.53. The molecule has 2 atom stereocenters. The molecule has 0 bridgehead atoms. The lowest BCUT2D eigenvalue weighted by Crippen LogP contribution is -2.20. The van der Waals surface area contributed by atoms with E-state index < -0.39 is 5.91 Å². The summed E-state index contributed by atoms with van der Waals surface area (Å²) in [5, 5.41) is 12.8. The number of ether oxygens (including phenoxy) is 1. The van der Waals surface area contributed by atoms with Crippen molar-refractivity contribution in [1.29, 1.82) is 0 Å². The first-order chi connectivity index (χ1) is 17.2. The molecule has 1 aromatic carbocycles. The van der Waals surface area contributed by atoms with Gasteiger partial charge >= 0.3 is 0 Å². The molecule has 2 unspecified atom stereocenters. The standard InChI is InChI=1S/C26H33N5O3S2/c1-6-31-24(17(5)34-19-9-7-8-15(3)16(19)4)29-30-26(31)35-13-21(32)28-25-22(23(27)33)18-11-10-14(2)12-20(18)36-25/h7-9,14,17H,6,10-13H2,1-5H3,(H2,27,33)(H,28,32). The number of nitrogens with one attached hydrogen (secondary N) is 1. The third-order valence-corrected chi connectivity index (χ3v) is 8.76. The monoisotopic (exact) mass is 527 g/mol. The zero-order chi connectivity index (χ0) is 26.0. The summed E-state index contributed by atoms with van der Waals surface area (Å²) >= 11 is 2.78. The number of aromatic nitrogens is 3. The largest absolute Gasteiger partial charge is 0.482 e. The van der Waals surface area contributed by atoms with E-state index in [0.717, 1.165) is 41.0 Å². The number of benzene rings is 1. The van der Waals surface area contributed by atoms with Crippen LogP contribution in [0.1, 0.15) is 71.0 Å². The highest BCUT2D eigenvalue weighted by atomic mass is 32.2. The predicted molar refractivity (Wildman–Crippen MR) is 144 cm³/mol. The maximum Gasteiger partial charge on any atom is 0.251 e. The molecule has 0 radical (unpaired) electrons. The molecule has 0 saturated carbocycles. The van der Waals surface area contributed by atoms with Crippen LogP contribution >= 0.6 is 23.1 Å². The van der Waals surface area contributed by atoms with Crippen molar-refractivity contribution < 1.29 is 14.3 Å². The van der Waals surface area contributed by atoms with Crippen molar-refractivity contribution in [3.8, 4) is 5.75 Å². The molecule has 8 nitrogen and oxygen atoms in total. The minimum Gasteiger partial charge on any atom is -0.482 e. The molecule has 1 aliphatic carbocycles. The van der Waals surface area contributed by atoms with E-state index in [0.29, 0.717) is 34.0 Å². The highest BCUT2D eigenvalue weighted by Crippen LogP contribution is 2.39. The number of nitrogens with two attached hydrogens (primary N) is 1. The van der Waals surface area contributed by atoms with Crippen molar-refractivity contribution in [2.75, 3.05) is 11.1 Å². The Labute approximate surface area is 220 Å². The molecular weight excluding hydrogens is 494 g/mol. The van der Waals surface area contributed by atoms with Gasteiger partial charge in [-0.2, -0.15) is 0 Å². The fourth-order valence-corrected chi connectivity index (χ4v) is 6.73. The van der Waals surface area contributed by atoms with Crippen LogP contribution < -0.4 is 15.8 Å². The van der Waals surface area contributed by atoms with E-state index >= 15 is 0 Å². The Balaban J connectivity index is 1.44. The first-order valence-electron chi connectivity index (χ1n) is 12.2. The third kappa shape index (κ3) is 5.44. The number of carbonyl (C=O) groups excluding carboxylic acids is 2. The number of fused-ring (bicyclic) bond motifs is 1. The van der Waals surface area contributed by atoms with E-state index in [1.807, 2.05) is 37.5 Å². The van der Waals surface area contributed by atoms with Crippen LogP contribution in [-0.2, 0) is 24.2 Å². The predicted octanol–water partition coefficient (Wildman–Crippen LogP) is 5.07. The summed E-state index contributed by atoms with van der Waals surface area (Å²) < 4.78 is 8.17. The van der Waals surface area contributed by atoms with Crippen LogP contribution in [0.2, 0.25) is 0 Å². The van der Waals surface area contributed by atoms with Gasteiger partial charge in [0.2, 0.25) is 5.91 Å². The van der Waals surface area contributed by atoms with Gasteiger partial charge in [0.05, 0.1) is 11.3 Å². The number of carbonyl (C=O) groups is 2. The summed E-state index contributed by atoms with van der Waals surface area (Å²) in [5.41, 5.74) is 9.41. The molecule has 0 aliphatic heterocycles. The highest BCUT2D eigenvalue weighted by Gasteiger charge is 2.27. The average molecular weight is 528 g/mol. The zero-order valence-electron chi connectivity index (χ0n) is 21.4. The van der Waals surface area contributed by atoms with Crippen molar-refractivity contribution >= 4 is 39.9 Å². The molecule has 0 saturated heterocycles. The molecule has 2 heterocycles. The molecule has 0 spiro atoms. The second-order valence-corrected chi connectivity index (χ2v) is 11.3. The topological polar surface area (TPSA) is 112 Å². The third-order valence-electron chi connectivity index (χ3n) is 6.63. The zero-order valence-corrected chi connectivity index (χ0v) is 23.0. The van der Waals surface area contributed by atoms with Crippen molar-refractivity contribution in [2.24, 2.45) is 11.7 Å². The Morgan fingerprint density at radius 1 is 1.33 bits per heavy atom. The molecular formula is C26H33N5O3S2. The van der Waals surface area contributed by atoms with Gasteiger partial charge in [-0.05, 0) is 75.6 Å². The molecule has 2 aromatic heterocycles. The van der Waals surface area contributed by atoms with E-state index in [9.17, 15) is 9.59 Å². The minimum atomic E-state index is -0.488. The summed E-state index contributed by atoms with van der Waals surface area (Å²) in [6.07, 6.45) is 2.45. The van der Waals surface area contributed by atoms with E-state index in [-0.39, 0.29) is 17.8 Å². The van der Waals surface area contributed by atoms with E-state index in [4.69, 9.17) is 10.5 Å². The molecule has 10 heteroatoms. The lowest BCUT2D eigenvalue weighted by Gasteiger charge is -2.18. The van der Waals surface area contributed by atoms with Crippen molar-refractivity contribution in [1.82, 2.24) is 14.8 Å². The highest BCUT2D eigenvalue weighted by molar-refractivity contribution is 7.99. The molecule has 1 aliphatic rings. The van der Waals surface area contributed by atoms with Crippen molar-refractivity contribution in [3.05, 3.63) is 51.2 Å². The Morgan fingerprint density at radius 3 is 2.83 bits per heavy atom. The van der Waals surface area contributed by atoms with Crippen LogP contribution in [0.25, 0.3) is 0 Å². The SMILES string of the molecule is CCn1c(SCC(=O)Nc2sc3c(c2C(N)=O)CCC(C)C3)nnc1C(C)Oc1cccc(C)c1C. The molecule has 192 valence electrons. The first-order valence-corrected chi connectivity index (χ1v) is 14.0. The molecule has 4 rings (SSSR count). The van der Waals surface area contributed by atoms with E-state index in [2.05, 4.69) is 35.4 Å². The number of nitrogens with zero attached hydrogens (tertiary/aromatic N) is 3. The van der Waals surface area contributed by atoms with Gasteiger partial charge in [0.25, 0.3) is 5.91 Å². The van der Waals surface area contributed by atoms with Gasteiger partial charge in [0.15, 0.2) is 17.1 Å². The van der Waals surface area contributed by atoms with Crippen LogP contribution in [0.15, 0.2) is 23.4 Å². The summed E-state index contributed by atoms with van der Waals surface area (Å²) in [7, 11) is 0. The van der Waals surface area contributed by atoms with Gasteiger partial charge < -0.3 is 20.4 Å². The fourth-order valence-electron chi connectivity index (χ4n) is 4.49. The van der Waals surface area contributed by atoms with Crippen LogP contribution in [0.3, 0.4) is 0 Å². The summed E-state index contributed by atoms with van der Waals surface area (Å²) in [6.45, 7) is 10.9. The number of aryl methyl sites for hydroxylation is 1. The Kier molecular flexibility index (Phi) is 8.04. The van der Waals surface area contributed by atoms with Crippen LogP contribution in [0.5, 0.6) is 5.75 Å². The minimum absolute atomic E-state index is 0.140. The number of thioether (sulfide) groups is 1. The van der Waals surface area contributed by atoms with Crippen LogP contribution in [-0.4, -0.2) is 32.3 Å². The lowest BCUT2D eigenvalue weighted by atomic mass is 9.88. The van der Waals surface area contributed by atoms with Crippen molar-refractivity contribution in [3.63, 3.8) is 0 Å². The number of amides is 2. The molecule has 3 aromatic rings. The summed E-state index contributed by atoms with van der Waals surface area (Å²) in [6, 6.07) is 5.98. The Hall–Kier alpha value is -2.85. The maximum absolute atomic E-state index is 12.8. The number of hydrogen-bond donors (Lipinski definition) is 2. The number of thiophene rings is 1. The number of anilines is 1. The molecule has 2 amide bonds. The van der Waals surface area contributed by atoms with Gasteiger partial charge in [0.1, 0.15) is 10.8 Å². The normalized spacial score (nSPS) is 15.9. The van der Waals surface area contributed by atoms with E-state index in [1.165, 1.54) is 28.7 Å². The molecule has 3 N–H and O–H groups in total. The van der Waals surface area contributed by atoms with Gasteiger partial charge in [0, 0.05) is 11.4 Å². The Morgan fingerprint density at radius 2 is 2.11 bits per heavy atom. The van der Waals surface area contributed by atoms with Crippen molar-refractivity contribution in [2.45, 2.75) is 71.7 Å². The average Bonchev–Trinajstić information content (AvgIpc) is 3.40. The summed E-state index contributed by atoms with van der Waals surface area (Å²) in [4.78, 5) is 26.1. The second-order valence-electron chi connectivity index (χ2n) is 9.30. The number of primary amides is 1. The number of rotatable bonds is 9. The quantitative estimate of drug-likeness (QED) is 0.376. The lowest BCUT2D eigenvalue weighted by molar-refractivity contribution is -0.113. The number of hydrogen-bond acceptors (Lipinski definition) is 7. The van der Waals surface area contributed by atoms with Gasteiger partial charge in [-0.15, -0.1) is 21.5 Å². The van der Waals surface area contributed by atoms with Gasteiger partial charge in [-0.3, -0.25) is 9.59 Å². The van der Waals surface area contributed by atoms with Crippen LogP contribution in [0.4, 0.5) is 5.00 Å².